The van der Waals surface area contributed by atoms with E-state index in [0.717, 1.165) is 22.6 Å². The number of methoxy groups -OCH3 is 1. The summed E-state index contributed by atoms with van der Waals surface area (Å²) in [6.45, 7) is 6.19. The number of aryl methyl sites for hydroxylation is 1. The maximum absolute atomic E-state index is 12.2. The average Bonchev–Trinajstić information content (AvgIpc) is 3.13. The summed E-state index contributed by atoms with van der Waals surface area (Å²) in [5.41, 5.74) is 2.09. The van der Waals surface area contributed by atoms with E-state index in [1.165, 1.54) is 12.5 Å². The third-order valence-electron chi connectivity index (χ3n) is 4.73. The quantitative estimate of drug-likeness (QED) is 0.782. The van der Waals surface area contributed by atoms with E-state index in [-0.39, 0.29) is 11.9 Å². The average molecular weight is 339 g/mol. The number of ether oxygens (including phenoxy) is 1. The molecule has 0 aliphatic heterocycles. The number of furan rings is 1. The first-order valence-corrected chi connectivity index (χ1v) is 8.70. The predicted molar refractivity (Wildman–Crippen MR) is 98.6 cm³/mol. The second-order valence-corrected chi connectivity index (χ2v) is 6.87. The van der Waals surface area contributed by atoms with Crippen molar-refractivity contribution in [3.63, 3.8) is 0 Å². The number of hydrogen-bond acceptors (Lipinski definition) is 3. The van der Waals surface area contributed by atoms with Gasteiger partial charge >= 0.3 is 0 Å². The molecule has 4 nitrogen and oxygen atoms in total. The Morgan fingerprint density at radius 3 is 2.80 bits per heavy atom. The predicted octanol–water partition coefficient (Wildman–Crippen LogP) is 4.61. The Morgan fingerprint density at radius 2 is 2.12 bits per heavy atom. The van der Waals surface area contributed by atoms with Gasteiger partial charge in [-0.2, -0.15) is 0 Å². The Labute approximate surface area is 148 Å². The zero-order chi connectivity index (χ0) is 18.0. The maximum atomic E-state index is 12.2. The molecule has 0 unspecified atom stereocenters. The number of benzene rings is 1. The van der Waals surface area contributed by atoms with Crippen LogP contribution in [0.3, 0.4) is 0 Å². The zero-order valence-corrected chi connectivity index (χ0v) is 15.2. The van der Waals surface area contributed by atoms with Crippen molar-refractivity contribution in [1.82, 2.24) is 5.32 Å². The highest BCUT2D eigenvalue weighted by molar-refractivity contribution is 5.91. The number of amides is 1. The van der Waals surface area contributed by atoms with Crippen LogP contribution < -0.4 is 10.1 Å². The normalized spacial score (nSPS) is 20.5. The Kier molecular flexibility index (Phi) is 4.98. The number of carbonyl (C=O) groups excluding carboxylic acids is 1. The van der Waals surface area contributed by atoms with Crippen LogP contribution in [-0.2, 0) is 4.79 Å². The smallest absolute Gasteiger partial charge is 0.244 e. The van der Waals surface area contributed by atoms with Gasteiger partial charge in [-0.3, -0.25) is 4.79 Å². The van der Waals surface area contributed by atoms with Gasteiger partial charge in [0.15, 0.2) is 0 Å². The van der Waals surface area contributed by atoms with Crippen LogP contribution in [0.4, 0.5) is 0 Å². The van der Waals surface area contributed by atoms with E-state index in [9.17, 15) is 4.79 Å². The van der Waals surface area contributed by atoms with E-state index in [4.69, 9.17) is 9.15 Å². The van der Waals surface area contributed by atoms with Crippen LogP contribution in [0.1, 0.15) is 54.9 Å². The number of nitrogens with one attached hydrogen (secondary N) is 1. The van der Waals surface area contributed by atoms with Gasteiger partial charge in [0, 0.05) is 17.6 Å². The zero-order valence-electron chi connectivity index (χ0n) is 15.2. The van der Waals surface area contributed by atoms with E-state index in [2.05, 4.69) is 12.2 Å². The molecule has 1 aromatic carbocycles. The van der Waals surface area contributed by atoms with Gasteiger partial charge in [0.25, 0.3) is 0 Å². The summed E-state index contributed by atoms with van der Waals surface area (Å²) in [4.78, 5) is 12.2. The molecule has 1 aliphatic rings. The van der Waals surface area contributed by atoms with Crippen molar-refractivity contribution in [2.24, 2.45) is 5.92 Å². The fraction of sp³-hybridized carbons (Fsp3) is 0.381. The Morgan fingerprint density at radius 1 is 1.36 bits per heavy atom. The van der Waals surface area contributed by atoms with E-state index in [1.807, 2.05) is 44.2 Å². The van der Waals surface area contributed by atoms with Crippen molar-refractivity contribution in [2.45, 2.75) is 39.2 Å². The Balaban J connectivity index is 1.62. The van der Waals surface area contributed by atoms with Gasteiger partial charge < -0.3 is 14.5 Å². The van der Waals surface area contributed by atoms with Crippen LogP contribution in [-0.4, -0.2) is 13.0 Å². The lowest BCUT2D eigenvalue weighted by atomic mass is 10.0. The summed E-state index contributed by atoms with van der Waals surface area (Å²) in [5, 5.41) is 2.97. The van der Waals surface area contributed by atoms with Gasteiger partial charge in [-0.05, 0) is 50.5 Å². The van der Waals surface area contributed by atoms with Crippen molar-refractivity contribution >= 4 is 12.0 Å². The minimum absolute atomic E-state index is 0.147. The van der Waals surface area contributed by atoms with Gasteiger partial charge in [-0.25, -0.2) is 0 Å². The molecule has 4 heteroatoms. The first-order chi connectivity index (χ1) is 12.0. The van der Waals surface area contributed by atoms with E-state index >= 15 is 0 Å². The molecule has 1 heterocycles. The first-order valence-electron chi connectivity index (χ1n) is 8.70. The highest BCUT2D eigenvalue weighted by atomic mass is 16.5. The highest BCUT2D eigenvalue weighted by Gasteiger charge is 2.36. The number of hydrogen-bond donors (Lipinski definition) is 1. The van der Waals surface area contributed by atoms with E-state index in [1.54, 1.807) is 13.2 Å². The summed E-state index contributed by atoms with van der Waals surface area (Å²) < 4.78 is 11.2. The second-order valence-electron chi connectivity index (χ2n) is 6.87. The lowest BCUT2D eigenvalue weighted by molar-refractivity contribution is -0.117. The molecule has 132 valence electrons. The van der Waals surface area contributed by atoms with Crippen LogP contribution >= 0.6 is 0 Å². The Bertz CT molecular complexity index is 790. The van der Waals surface area contributed by atoms with Gasteiger partial charge in [0.2, 0.25) is 5.91 Å². The number of rotatable bonds is 6. The topological polar surface area (TPSA) is 51.5 Å². The summed E-state index contributed by atoms with van der Waals surface area (Å²) in [5.74, 6) is 3.60. The molecular weight excluding hydrogens is 314 g/mol. The molecule has 1 amide bonds. The SMILES string of the molecule is COc1ccc(C)cc1[C@H](C)NC(=O)/C=C/c1ccc([C@@H]2C[C@H]2C)o1. The molecule has 1 aliphatic carbocycles. The molecule has 1 fully saturated rings. The lowest BCUT2D eigenvalue weighted by Gasteiger charge is -2.17. The lowest BCUT2D eigenvalue weighted by Crippen LogP contribution is -2.25. The van der Waals surface area contributed by atoms with E-state index in [0.29, 0.717) is 17.6 Å². The maximum Gasteiger partial charge on any atom is 0.244 e. The molecule has 1 N–H and O–H groups in total. The minimum atomic E-state index is -0.159. The van der Waals surface area contributed by atoms with Gasteiger partial charge in [-0.15, -0.1) is 0 Å². The molecular formula is C21H25NO3. The van der Waals surface area contributed by atoms with Crippen LogP contribution in [0.5, 0.6) is 5.75 Å². The van der Waals surface area contributed by atoms with Crippen LogP contribution in [0.25, 0.3) is 6.08 Å². The second kappa shape index (κ2) is 7.18. The van der Waals surface area contributed by atoms with Gasteiger partial charge in [0.05, 0.1) is 13.2 Å². The monoisotopic (exact) mass is 339 g/mol. The van der Waals surface area contributed by atoms with Crippen molar-refractivity contribution in [2.75, 3.05) is 7.11 Å². The molecule has 1 saturated carbocycles. The number of carbonyl (C=O) groups is 1. The Hall–Kier alpha value is -2.49. The summed E-state index contributed by atoms with van der Waals surface area (Å²) >= 11 is 0. The fourth-order valence-electron chi connectivity index (χ4n) is 3.07. The van der Waals surface area contributed by atoms with Gasteiger partial charge in [0.1, 0.15) is 17.3 Å². The highest BCUT2D eigenvalue weighted by Crippen LogP contribution is 2.47. The van der Waals surface area contributed by atoms with Crippen molar-refractivity contribution < 1.29 is 13.9 Å². The van der Waals surface area contributed by atoms with Gasteiger partial charge in [-0.1, -0.05) is 24.6 Å². The summed E-state index contributed by atoms with van der Waals surface area (Å²) in [6.07, 6.45) is 4.41. The third kappa shape index (κ3) is 4.13. The molecule has 0 bridgehead atoms. The van der Waals surface area contributed by atoms with Crippen molar-refractivity contribution in [1.29, 1.82) is 0 Å². The molecule has 1 aromatic heterocycles. The summed E-state index contributed by atoms with van der Waals surface area (Å²) in [6, 6.07) is 9.72. The standard InChI is InChI=1S/C21H25NO3/c1-13-5-8-19(24-4)18(11-13)15(3)22-21(23)10-7-16-6-9-20(25-16)17-12-14(17)2/h5-11,14-15,17H,12H2,1-4H3,(H,22,23)/b10-7+/t14-,15+,17-/m1/s1. The van der Waals surface area contributed by atoms with Crippen LogP contribution in [0, 0.1) is 12.8 Å². The van der Waals surface area contributed by atoms with Crippen LogP contribution in [0.15, 0.2) is 40.8 Å². The third-order valence-corrected chi connectivity index (χ3v) is 4.73. The fourth-order valence-corrected chi connectivity index (χ4v) is 3.07. The van der Waals surface area contributed by atoms with Crippen molar-refractivity contribution in [3.05, 3.63) is 59.1 Å². The largest absolute Gasteiger partial charge is 0.496 e. The molecule has 2 aromatic rings. The summed E-state index contributed by atoms with van der Waals surface area (Å²) in [7, 11) is 1.64. The molecule has 0 saturated heterocycles. The molecule has 25 heavy (non-hydrogen) atoms. The molecule has 3 rings (SSSR count). The first kappa shape index (κ1) is 17.3. The molecule has 3 atom stereocenters. The van der Waals surface area contributed by atoms with Crippen molar-refractivity contribution in [3.8, 4) is 5.75 Å². The molecule has 0 radical (unpaired) electrons. The van der Waals surface area contributed by atoms with Crippen LogP contribution in [0.2, 0.25) is 0 Å². The van der Waals surface area contributed by atoms with E-state index < -0.39 is 0 Å². The molecule has 0 spiro atoms. The minimum Gasteiger partial charge on any atom is -0.496 e.